The molecule has 1 fully saturated rings. The van der Waals surface area contributed by atoms with Crippen molar-refractivity contribution in [1.82, 2.24) is 0 Å². The van der Waals surface area contributed by atoms with Crippen LogP contribution in [0.25, 0.3) is 0 Å². The van der Waals surface area contributed by atoms with Crippen LogP contribution in [0, 0.1) is 0 Å². The molecule has 1 aliphatic carbocycles. The van der Waals surface area contributed by atoms with Gasteiger partial charge in [0.1, 0.15) is 23.7 Å². The number of benzene rings is 1. The molecule has 0 bridgehead atoms. The van der Waals surface area contributed by atoms with Crippen molar-refractivity contribution in [2.45, 2.75) is 44.3 Å². The molecule has 1 aliphatic rings. The molecule has 0 saturated heterocycles. The highest BCUT2D eigenvalue weighted by atomic mass is 35.5. The van der Waals surface area contributed by atoms with Crippen molar-refractivity contribution in [2.24, 2.45) is 0 Å². The lowest BCUT2D eigenvalue weighted by molar-refractivity contribution is -0.0759. The van der Waals surface area contributed by atoms with Crippen LogP contribution in [0.4, 0.5) is 0 Å². The highest BCUT2D eigenvalue weighted by molar-refractivity contribution is 6.21. The fourth-order valence-electron chi connectivity index (χ4n) is 2.06. The minimum absolute atomic E-state index is 0.00249. The van der Waals surface area contributed by atoms with E-state index in [-0.39, 0.29) is 17.6 Å². The van der Waals surface area contributed by atoms with Crippen LogP contribution >= 0.6 is 11.6 Å². The van der Waals surface area contributed by atoms with Gasteiger partial charge in [0.2, 0.25) is 0 Å². The predicted molar refractivity (Wildman–Crippen MR) is 76.3 cm³/mol. The minimum atomic E-state index is 0.00249. The highest BCUT2D eigenvalue weighted by Crippen LogP contribution is 2.33. The topological polar surface area (TPSA) is 27.7 Å². The van der Waals surface area contributed by atoms with Gasteiger partial charge < -0.3 is 14.2 Å². The van der Waals surface area contributed by atoms with E-state index in [0.717, 1.165) is 30.9 Å². The van der Waals surface area contributed by atoms with E-state index in [1.807, 2.05) is 31.2 Å². The van der Waals surface area contributed by atoms with Crippen molar-refractivity contribution in [2.75, 3.05) is 13.2 Å². The van der Waals surface area contributed by atoms with Crippen LogP contribution in [0.2, 0.25) is 0 Å². The van der Waals surface area contributed by atoms with Crippen LogP contribution in [0.15, 0.2) is 24.3 Å². The smallest absolute Gasteiger partial charge is 0.128 e. The Morgan fingerprint density at radius 2 is 1.84 bits per heavy atom. The van der Waals surface area contributed by atoms with Crippen molar-refractivity contribution in [3.63, 3.8) is 0 Å². The quantitative estimate of drug-likeness (QED) is 0.716. The van der Waals surface area contributed by atoms with E-state index < -0.39 is 0 Å². The molecule has 2 rings (SSSR count). The Morgan fingerprint density at radius 1 is 1.16 bits per heavy atom. The first kappa shape index (κ1) is 14.5. The molecule has 19 heavy (non-hydrogen) atoms. The van der Waals surface area contributed by atoms with Crippen molar-refractivity contribution in [3.05, 3.63) is 24.3 Å². The van der Waals surface area contributed by atoms with Gasteiger partial charge in [-0.2, -0.15) is 0 Å². The summed E-state index contributed by atoms with van der Waals surface area (Å²) in [5, 5.41) is 0.0668. The average molecular weight is 285 g/mol. The molecular formula is C15H21ClO3. The van der Waals surface area contributed by atoms with Crippen molar-refractivity contribution < 1.29 is 14.2 Å². The van der Waals surface area contributed by atoms with Crippen molar-refractivity contribution >= 4 is 11.6 Å². The number of hydrogen-bond acceptors (Lipinski definition) is 3. The molecule has 0 N–H and O–H groups in total. The summed E-state index contributed by atoms with van der Waals surface area (Å²) in [4.78, 5) is 0. The second-order valence-electron chi connectivity index (χ2n) is 4.65. The first-order valence-corrected chi connectivity index (χ1v) is 7.33. The van der Waals surface area contributed by atoms with Gasteiger partial charge in [-0.3, -0.25) is 0 Å². The molecule has 0 spiro atoms. The lowest BCUT2D eigenvalue weighted by Gasteiger charge is -2.40. The zero-order valence-corrected chi connectivity index (χ0v) is 12.2. The molecule has 4 heteroatoms. The summed E-state index contributed by atoms with van der Waals surface area (Å²) in [7, 11) is 0. The monoisotopic (exact) mass is 284 g/mol. The first-order chi connectivity index (χ1) is 9.24. The number of alkyl halides is 1. The summed E-state index contributed by atoms with van der Waals surface area (Å²) in [6, 6.07) is 7.71. The molecule has 3 nitrogen and oxygen atoms in total. The van der Waals surface area contributed by atoms with Crippen molar-refractivity contribution in [3.8, 4) is 11.5 Å². The second-order valence-corrected chi connectivity index (χ2v) is 5.21. The van der Waals surface area contributed by atoms with E-state index >= 15 is 0 Å². The Labute approximate surface area is 119 Å². The summed E-state index contributed by atoms with van der Waals surface area (Å²) in [6.07, 6.45) is 1.90. The molecular weight excluding hydrogens is 264 g/mol. The first-order valence-electron chi connectivity index (χ1n) is 6.89. The van der Waals surface area contributed by atoms with E-state index in [1.165, 1.54) is 0 Å². The van der Waals surface area contributed by atoms with Gasteiger partial charge in [-0.05, 0) is 37.6 Å². The van der Waals surface area contributed by atoms with Gasteiger partial charge in [0.25, 0.3) is 0 Å². The van der Waals surface area contributed by atoms with E-state index in [4.69, 9.17) is 25.8 Å². The number of ether oxygens (including phenoxy) is 3. The number of halogens is 1. The Hall–Kier alpha value is -0.930. The third-order valence-electron chi connectivity index (χ3n) is 3.12. The number of hydrogen-bond donors (Lipinski definition) is 0. The zero-order valence-electron chi connectivity index (χ0n) is 11.5. The van der Waals surface area contributed by atoms with Gasteiger partial charge in [-0.25, -0.2) is 0 Å². The Bertz CT molecular complexity index is 379. The maximum Gasteiger partial charge on any atom is 0.128 e. The van der Waals surface area contributed by atoms with Crippen LogP contribution in [0.3, 0.4) is 0 Å². The molecule has 3 atom stereocenters. The SMILES string of the molecule is CCCOc1ccc(OC2CC(Cl)C2OCC)cc1. The molecule has 0 radical (unpaired) electrons. The largest absolute Gasteiger partial charge is 0.494 e. The van der Waals surface area contributed by atoms with E-state index in [2.05, 4.69) is 6.92 Å². The summed E-state index contributed by atoms with van der Waals surface area (Å²) in [6.45, 7) is 5.46. The Morgan fingerprint density at radius 3 is 2.42 bits per heavy atom. The van der Waals surface area contributed by atoms with E-state index in [9.17, 15) is 0 Å². The Balaban J connectivity index is 1.86. The standard InChI is InChI=1S/C15H21ClO3/c1-3-9-18-11-5-7-12(8-6-11)19-14-10-13(16)15(14)17-4-2/h5-8,13-15H,3-4,9-10H2,1-2H3. The summed E-state index contributed by atoms with van der Waals surface area (Å²) < 4.78 is 17.0. The maximum atomic E-state index is 6.11. The van der Waals surface area contributed by atoms with E-state index in [0.29, 0.717) is 6.61 Å². The van der Waals surface area contributed by atoms with Gasteiger partial charge in [0.15, 0.2) is 0 Å². The fraction of sp³-hybridized carbons (Fsp3) is 0.600. The lowest BCUT2D eigenvalue weighted by atomic mass is 9.91. The molecule has 1 aromatic carbocycles. The van der Waals surface area contributed by atoms with Crippen LogP contribution in [-0.2, 0) is 4.74 Å². The normalized spacial score (nSPS) is 25.7. The van der Waals surface area contributed by atoms with Gasteiger partial charge in [-0.15, -0.1) is 11.6 Å². The summed E-state index contributed by atoms with van der Waals surface area (Å²) in [5.41, 5.74) is 0. The molecule has 0 aromatic heterocycles. The van der Waals surface area contributed by atoms with Gasteiger partial charge in [-0.1, -0.05) is 6.92 Å². The minimum Gasteiger partial charge on any atom is -0.494 e. The van der Waals surface area contributed by atoms with Crippen LogP contribution < -0.4 is 9.47 Å². The maximum absolute atomic E-state index is 6.11. The number of rotatable bonds is 7. The molecule has 0 aliphatic heterocycles. The molecule has 3 unspecified atom stereocenters. The van der Waals surface area contributed by atoms with Gasteiger partial charge >= 0.3 is 0 Å². The van der Waals surface area contributed by atoms with Crippen LogP contribution in [0.1, 0.15) is 26.7 Å². The second kappa shape index (κ2) is 7.01. The molecule has 106 valence electrons. The average Bonchev–Trinajstić information content (AvgIpc) is 2.43. The highest BCUT2D eigenvalue weighted by Gasteiger charge is 2.42. The molecule has 0 amide bonds. The predicted octanol–water partition coefficient (Wildman–Crippen LogP) is 3.64. The van der Waals surface area contributed by atoms with Gasteiger partial charge in [0, 0.05) is 13.0 Å². The van der Waals surface area contributed by atoms with Gasteiger partial charge in [0.05, 0.1) is 12.0 Å². The van der Waals surface area contributed by atoms with Crippen molar-refractivity contribution in [1.29, 1.82) is 0 Å². The van der Waals surface area contributed by atoms with Crippen LogP contribution in [0.5, 0.6) is 11.5 Å². The Kier molecular flexibility index (Phi) is 5.34. The van der Waals surface area contributed by atoms with E-state index in [1.54, 1.807) is 0 Å². The molecule has 0 heterocycles. The fourth-order valence-corrected chi connectivity index (χ4v) is 2.47. The molecule has 1 aromatic rings. The summed E-state index contributed by atoms with van der Waals surface area (Å²) in [5.74, 6) is 1.71. The molecule has 1 saturated carbocycles. The third kappa shape index (κ3) is 3.77. The third-order valence-corrected chi connectivity index (χ3v) is 3.55. The zero-order chi connectivity index (χ0) is 13.7. The lowest BCUT2D eigenvalue weighted by Crippen LogP contribution is -2.52. The summed E-state index contributed by atoms with van der Waals surface area (Å²) >= 11 is 6.11. The van der Waals surface area contributed by atoms with Crippen LogP contribution in [-0.4, -0.2) is 30.8 Å².